The van der Waals surface area contributed by atoms with E-state index in [2.05, 4.69) is 46.9 Å². The van der Waals surface area contributed by atoms with Crippen molar-refractivity contribution in [1.82, 2.24) is 0 Å². The molecule has 1 atom stereocenters. The van der Waals surface area contributed by atoms with Crippen LogP contribution in [0.2, 0.25) is 0 Å². The van der Waals surface area contributed by atoms with E-state index in [1.54, 1.807) is 0 Å². The molecule has 1 aromatic carbocycles. The molecule has 1 rings (SSSR count). The van der Waals surface area contributed by atoms with Crippen LogP contribution in [0.5, 0.6) is 0 Å². The molecule has 2 N–H and O–H groups in total. The van der Waals surface area contributed by atoms with Gasteiger partial charge in [-0.15, -0.1) is 0 Å². The van der Waals surface area contributed by atoms with Gasteiger partial charge in [0.2, 0.25) is 5.91 Å². The molecule has 1 aromatic rings. The van der Waals surface area contributed by atoms with E-state index < -0.39 is 0 Å². The maximum atomic E-state index is 10.7. The van der Waals surface area contributed by atoms with Gasteiger partial charge in [-0.05, 0) is 52.6 Å². The Labute approximate surface area is 98.0 Å². The van der Waals surface area contributed by atoms with Gasteiger partial charge in [0.15, 0.2) is 0 Å². The molecule has 0 aromatic heterocycles. The third-order valence-corrected chi connectivity index (χ3v) is 2.77. The smallest absolute Gasteiger partial charge is 0.217 e. The van der Waals surface area contributed by atoms with E-state index in [4.69, 9.17) is 5.73 Å². The van der Waals surface area contributed by atoms with Crippen LogP contribution in [-0.2, 0) is 11.2 Å². The molecule has 0 fully saturated rings. The predicted octanol–water partition coefficient (Wildman–Crippen LogP) is 2.35. The number of hydrogen-bond acceptors (Lipinski definition) is 1. The Morgan fingerprint density at radius 2 is 2.00 bits per heavy atom. The van der Waals surface area contributed by atoms with Crippen LogP contribution in [0.15, 0.2) is 24.3 Å². The molecular formula is C11H14INO. The number of benzene rings is 1. The van der Waals surface area contributed by atoms with Gasteiger partial charge in [0.1, 0.15) is 0 Å². The summed E-state index contributed by atoms with van der Waals surface area (Å²) in [4.78, 5) is 10.7. The van der Waals surface area contributed by atoms with Crippen LogP contribution in [-0.4, -0.2) is 5.91 Å². The number of halogens is 1. The molecule has 0 bridgehead atoms. The summed E-state index contributed by atoms with van der Waals surface area (Å²) in [5.74, 6) is 0.107. The predicted molar refractivity (Wildman–Crippen MR) is 65.8 cm³/mol. The first-order chi connectivity index (χ1) is 6.58. The largest absolute Gasteiger partial charge is 0.370 e. The third kappa shape index (κ3) is 4.09. The van der Waals surface area contributed by atoms with Crippen molar-refractivity contribution in [3.63, 3.8) is 0 Å². The second kappa shape index (κ2) is 5.34. The van der Waals surface area contributed by atoms with E-state index in [-0.39, 0.29) is 5.91 Å². The molecule has 0 aliphatic carbocycles. The molecule has 0 spiro atoms. The zero-order valence-corrected chi connectivity index (χ0v) is 10.3. The van der Waals surface area contributed by atoms with Crippen molar-refractivity contribution in [1.29, 1.82) is 0 Å². The van der Waals surface area contributed by atoms with Crippen LogP contribution in [0.1, 0.15) is 18.9 Å². The Balaban J connectivity index is 2.51. The number of primary amides is 1. The molecular weight excluding hydrogens is 289 g/mol. The normalized spacial score (nSPS) is 12.4. The zero-order chi connectivity index (χ0) is 10.6. The van der Waals surface area contributed by atoms with E-state index in [0.717, 1.165) is 6.42 Å². The van der Waals surface area contributed by atoms with Crippen LogP contribution in [0.3, 0.4) is 0 Å². The van der Waals surface area contributed by atoms with E-state index in [1.165, 1.54) is 9.13 Å². The van der Waals surface area contributed by atoms with Crippen molar-refractivity contribution < 1.29 is 4.79 Å². The molecule has 1 amide bonds. The summed E-state index contributed by atoms with van der Waals surface area (Å²) in [6.45, 7) is 2.04. The number of rotatable bonds is 4. The summed E-state index contributed by atoms with van der Waals surface area (Å²) in [7, 11) is 0. The van der Waals surface area contributed by atoms with Crippen molar-refractivity contribution >= 4 is 28.5 Å². The Bertz CT molecular complexity index is 308. The topological polar surface area (TPSA) is 43.1 Å². The average molecular weight is 303 g/mol. The first-order valence-electron chi connectivity index (χ1n) is 4.60. The van der Waals surface area contributed by atoms with Crippen LogP contribution < -0.4 is 5.73 Å². The second-order valence-corrected chi connectivity index (χ2v) is 4.85. The van der Waals surface area contributed by atoms with Gasteiger partial charge < -0.3 is 5.73 Å². The fourth-order valence-corrected chi connectivity index (χ4v) is 1.80. The number of carbonyl (C=O) groups is 1. The Kier molecular flexibility index (Phi) is 4.38. The summed E-state index contributed by atoms with van der Waals surface area (Å²) in [5, 5.41) is 0. The van der Waals surface area contributed by atoms with Gasteiger partial charge in [0, 0.05) is 9.99 Å². The van der Waals surface area contributed by atoms with Gasteiger partial charge in [0.05, 0.1) is 0 Å². The average Bonchev–Trinajstić information content (AvgIpc) is 2.07. The first-order valence-corrected chi connectivity index (χ1v) is 5.68. The third-order valence-electron chi connectivity index (χ3n) is 2.05. The minimum atomic E-state index is -0.219. The van der Waals surface area contributed by atoms with Gasteiger partial charge in [-0.2, -0.15) is 0 Å². The highest BCUT2D eigenvalue weighted by atomic mass is 127. The fraction of sp³-hybridized carbons (Fsp3) is 0.364. The molecule has 0 aliphatic rings. The van der Waals surface area contributed by atoms with Crippen LogP contribution in [0.25, 0.3) is 0 Å². The minimum Gasteiger partial charge on any atom is -0.370 e. The summed E-state index contributed by atoms with van der Waals surface area (Å²) in [6.07, 6.45) is 1.38. The molecule has 14 heavy (non-hydrogen) atoms. The highest BCUT2D eigenvalue weighted by Crippen LogP contribution is 2.13. The number of nitrogens with two attached hydrogens (primary N) is 1. The molecule has 1 unspecified atom stereocenters. The van der Waals surface area contributed by atoms with E-state index in [1.807, 2.05) is 6.92 Å². The van der Waals surface area contributed by atoms with Gasteiger partial charge in [-0.1, -0.05) is 19.1 Å². The quantitative estimate of drug-likeness (QED) is 0.853. The standard InChI is InChI=1S/C11H14INO/c1-8(7-11(13)14)6-9-2-4-10(12)5-3-9/h2-5,8H,6-7H2,1H3,(H2,13,14). The molecule has 76 valence electrons. The second-order valence-electron chi connectivity index (χ2n) is 3.61. The lowest BCUT2D eigenvalue weighted by atomic mass is 9.98. The Morgan fingerprint density at radius 1 is 1.43 bits per heavy atom. The molecule has 0 radical (unpaired) electrons. The minimum absolute atomic E-state index is 0.219. The molecule has 0 saturated carbocycles. The lowest BCUT2D eigenvalue weighted by Crippen LogP contribution is -2.15. The summed E-state index contributed by atoms with van der Waals surface area (Å²) in [6, 6.07) is 8.35. The van der Waals surface area contributed by atoms with Gasteiger partial charge >= 0.3 is 0 Å². The van der Waals surface area contributed by atoms with Gasteiger partial charge in [-0.25, -0.2) is 0 Å². The van der Waals surface area contributed by atoms with E-state index in [0.29, 0.717) is 12.3 Å². The maximum absolute atomic E-state index is 10.7. The fourth-order valence-electron chi connectivity index (χ4n) is 1.44. The van der Waals surface area contributed by atoms with Crippen molar-refractivity contribution in [3.05, 3.63) is 33.4 Å². The van der Waals surface area contributed by atoms with E-state index >= 15 is 0 Å². The molecule has 0 saturated heterocycles. The highest BCUT2D eigenvalue weighted by Gasteiger charge is 2.06. The first kappa shape index (κ1) is 11.5. The van der Waals surface area contributed by atoms with Gasteiger partial charge in [-0.3, -0.25) is 4.79 Å². The van der Waals surface area contributed by atoms with E-state index in [9.17, 15) is 4.79 Å². The van der Waals surface area contributed by atoms with Crippen LogP contribution in [0, 0.1) is 9.49 Å². The number of amides is 1. The van der Waals surface area contributed by atoms with Crippen molar-refractivity contribution in [3.8, 4) is 0 Å². The summed E-state index contributed by atoms with van der Waals surface area (Å²) in [5.41, 5.74) is 6.39. The van der Waals surface area contributed by atoms with Crippen molar-refractivity contribution in [2.45, 2.75) is 19.8 Å². The maximum Gasteiger partial charge on any atom is 0.217 e. The number of carbonyl (C=O) groups excluding carboxylic acids is 1. The molecule has 0 heterocycles. The summed E-state index contributed by atoms with van der Waals surface area (Å²) < 4.78 is 1.23. The molecule has 2 nitrogen and oxygen atoms in total. The monoisotopic (exact) mass is 303 g/mol. The lowest BCUT2D eigenvalue weighted by molar-refractivity contribution is -0.118. The van der Waals surface area contributed by atoms with Crippen molar-refractivity contribution in [2.75, 3.05) is 0 Å². The number of hydrogen-bond donors (Lipinski definition) is 1. The Morgan fingerprint density at radius 3 is 2.50 bits per heavy atom. The van der Waals surface area contributed by atoms with Gasteiger partial charge in [0.25, 0.3) is 0 Å². The molecule has 3 heteroatoms. The van der Waals surface area contributed by atoms with Crippen LogP contribution >= 0.6 is 22.6 Å². The zero-order valence-electron chi connectivity index (χ0n) is 8.16. The highest BCUT2D eigenvalue weighted by molar-refractivity contribution is 14.1. The van der Waals surface area contributed by atoms with Crippen LogP contribution in [0.4, 0.5) is 0 Å². The summed E-state index contributed by atoms with van der Waals surface area (Å²) >= 11 is 2.28. The SMILES string of the molecule is CC(CC(N)=O)Cc1ccc(I)cc1. The molecule has 0 aliphatic heterocycles. The van der Waals surface area contributed by atoms with Crippen molar-refractivity contribution in [2.24, 2.45) is 11.7 Å². The Hall–Kier alpha value is -0.580. The lowest BCUT2D eigenvalue weighted by Gasteiger charge is -2.08.